The second-order valence-corrected chi connectivity index (χ2v) is 7.94. The van der Waals surface area contributed by atoms with Gasteiger partial charge in [-0.15, -0.1) is 0 Å². The second-order valence-electron chi connectivity index (χ2n) is 7.94. The molecule has 0 bridgehead atoms. The minimum absolute atomic E-state index is 0.0113. The standard InChI is InChI=1S/C24H46O5/c1-4-6-8-11-16-22(17-15-20-27-3)29-24(26)19-13-10-12-18-23(25)28-21-14-9-7-5-2/h22H,4-21H2,1-3H3. The fraction of sp³-hybridized carbons (Fsp3) is 0.917. The summed E-state index contributed by atoms with van der Waals surface area (Å²) in [6.07, 6.45) is 15.2. The van der Waals surface area contributed by atoms with Gasteiger partial charge >= 0.3 is 11.9 Å². The van der Waals surface area contributed by atoms with Crippen molar-refractivity contribution in [2.45, 2.75) is 123 Å². The summed E-state index contributed by atoms with van der Waals surface area (Å²) in [4.78, 5) is 23.8. The number of hydrogen-bond donors (Lipinski definition) is 0. The summed E-state index contributed by atoms with van der Waals surface area (Å²) < 4.78 is 16.0. The number of methoxy groups -OCH3 is 1. The lowest BCUT2D eigenvalue weighted by Gasteiger charge is -2.18. The molecule has 0 saturated heterocycles. The van der Waals surface area contributed by atoms with E-state index in [1.807, 2.05) is 0 Å². The number of carbonyl (C=O) groups is 2. The summed E-state index contributed by atoms with van der Waals surface area (Å²) in [5.74, 6) is -0.226. The van der Waals surface area contributed by atoms with E-state index in [-0.39, 0.29) is 18.0 Å². The zero-order valence-corrected chi connectivity index (χ0v) is 19.3. The predicted octanol–water partition coefficient (Wildman–Crippen LogP) is 6.37. The highest BCUT2D eigenvalue weighted by atomic mass is 16.5. The number of unbranched alkanes of at least 4 members (excludes halogenated alkanes) is 8. The van der Waals surface area contributed by atoms with Crippen LogP contribution in [0.15, 0.2) is 0 Å². The minimum Gasteiger partial charge on any atom is -0.466 e. The van der Waals surface area contributed by atoms with Crippen molar-refractivity contribution in [1.82, 2.24) is 0 Å². The molecule has 1 atom stereocenters. The van der Waals surface area contributed by atoms with E-state index in [4.69, 9.17) is 14.2 Å². The maximum absolute atomic E-state index is 12.2. The van der Waals surface area contributed by atoms with Crippen molar-refractivity contribution in [3.63, 3.8) is 0 Å². The SMILES string of the molecule is CCCCCCOC(=O)CCCCCC(=O)OC(CCCCCC)CCCOC. The Morgan fingerprint density at radius 3 is 1.90 bits per heavy atom. The van der Waals surface area contributed by atoms with Crippen molar-refractivity contribution in [3.8, 4) is 0 Å². The quantitative estimate of drug-likeness (QED) is 0.161. The highest BCUT2D eigenvalue weighted by Crippen LogP contribution is 2.15. The van der Waals surface area contributed by atoms with Crippen LogP contribution in [-0.2, 0) is 23.8 Å². The van der Waals surface area contributed by atoms with Crippen LogP contribution < -0.4 is 0 Å². The molecule has 0 aromatic rings. The van der Waals surface area contributed by atoms with Gasteiger partial charge in [0.25, 0.3) is 0 Å². The Hall–Kier alpha value is -1.10. The van der Waals surface area contributed by atoms with Gasteiger partial charge in [-0.1, -0.05) is 58.8 Å². The molecule has 0 radical (unpaired) electrons. The van der Waals surface area contributed by atoms with Gasteiger partial charge in [0.1, 0.15) is 6.10 Å². The van der Waals surface area contributed by atoms with E-state index < -0.39 is 0 Å². The van der Waals surface area contributed by atoms with E-state index in [1.165, 1.54) is 32.1 Å². The topological polar surface area (TPSA) is 61.8 Å². The Morgan fingerprint density at radius 2 is 1.24 bits per heavy atom. The second kappa shape index (κ2) is 21.6. The van der Waals surface area contributed by atoms with E-state index in [0.717, 1.165) is 57.8 Å². The largest absolute Gasteiger partial charge is 0.466 e. The number of carbonyl (C=O) groups excluding carboxylic acids is 2. The first-order valence-electron chi connectivity index (χ1n) is 12.0. The molecule has 0 N–H and O–H groups in total. The molecule has 0 heterocycles. The molecule has 0 aliphatic carbocycles. The Kier molecular flexibility index (Phi) is 20.8. The monoisotopic (exact) mass is 414 g/mol. The van der Waals surface area contributed by atoms with Gasteiger partial charge in [-0.3, -0.25) is 9.59 Å². The molecule has 0 rings (SSSR count). The van der Waals surface area contributed by atoms with Crippen LogP contribution in [0.25, 0.3) is 0 Å². The predicted molar refractivity (Wildman–Crippen MR) is 118 cm³/mol. The number of hydrogen-bond acceptors (Lipinski definition) is 5. The molecule has 0 aliphatic heterocycles. The average molecular weight is 415 g/mol. The lowest BCUT2D eigenvalue weighted by Crippen LogP contribution is -2.19. The van der Waals surface area contributed by atoms with Crippen LogP contribution in [0.5, 0.6) is 0 Å². The molecular weight excluding hydrogens is 368 g/mol. The molecule has 0 saturated carbocycles. The number of rotatable bonds is 21. The van der Waals surface area contributed by atoms with E-state index in [0.29, 0.717) is 26.1 Å². The Labute approximate surface area is 179 Å². The molecule has 0 spiro atoms. The van der Waals surface area contributed by atoms with Crippen molar-refractivity contribution in [3.05, 3.63) is 0 Å². The molecule has 1 unspecified atom stereocenters. The summed E-state index contributed by atoms with van der Waals surface area (Å²) >= 11 is 0. The first kappa shape index (κ1) is 27.9. The molecule has 5 nitrogen and oxygen atoms in total. The first-order valence-corrected chi connectivity index (χ1v) is 12.0. The highest BCUT2D eigenvalue weighted by molar-refractivity contribution is 5.70. The highest BCUT2D eigenvalue weighted by Gasteiger charge is 2.14. The van der Waals surface area contributed by atoms with Gasteiger partial charge < -0.3 is 14.2 Å². The fourth-order valence-electron chi connectivity index (χ4n) is 3.26. The van der Waals surface area contributed by atoms with Crippen molar-refractivity contribution in [2.24, 2.45) is 0 Å². The summed E-state index contributed by atoms with van der Waals surface area (Å²) in [5, 5.41) is 0. The van der Waals surface area contributed by atoms with Crippen molar-refractivity contribution < 1.29 is 23.8 Å². The molecule has 5 heteroatoms. The van der Waals surface area contributed by atoms with E-state index >= 15 is 0 Å². The molecular formula is C24H46O5. The van der Waals surface area contributed by atoms with Gasteiger partial charge in [0.05, 0.1) is 6.61 Å². The molecule has 29 heavy (non-hydrogen) atoms. The first-order chi connectivity index (χ1) is 14.1. The lowest BCUT2D eigenvalue weighted by molar-refractivity contribution is -0.150. The third-order valence-corrected chi connectivity index (χ3v) is 5.08. The summed E-state index contributed by atoms with van der Waals surface area (Å²) in [6.45, 7) is 5.60. The molecule has 0 amide bonds. The van der Waals surface area contributed by atoms with E-state index in [2.05, 4.69) is 13.8 Å². The van der Waals surface area contributed by atoms with Crippen LogP contribution in [0.1, 0.15) is 117 Å². The maximum atomic E-state index is 12.2. The van der Waals surface area contributed by atoms with E-state index in [9.17, 15) is 9.59 Å². The van der Waals surface area contributed by atoms with Gasteiger partial charge in [0.15, 0.2) is 0 Å². The third-order valence-electron chi connectivity index (χ3n) is 5.08. The van der Waals surface area contributed by atoms with Gasteiger partial charge in [-0.05, 0) is 44.9 Å². The van der Waals surface area contributed by atoms with Gasteiger partial charge in [0.2, 0.25) is 0 Å². The third kappa shape index (κ3) is 20.0. The summed E-state index contributed by atoms with van der Waals surface area (Å²) in [5.41, 5.74) is 0. The van der Waals surface area contributed by atoms with Crippen LogP contribution in [0.3, 0.4) is 0 Å². The van der Waals surface area contributed by atoms with Gasteiger partial charge in [0, 0.05) is 26.6 Å². The van der Waals surface area contributed by atoms with Crippen LogP contribution in [0.2, 0.25) is 0 Å². The normalized spacial score (nSPS) is 12.0. The molecule has 0 aromatic heterocycles. The molecule has 172 valence electrons. The fourth-order valence-corrected chi connectivity index (χ4v) is 3.26. The van der Waals surface area contributed by atoms with Crippen LogP contribution in [0.4, 0.5) is 0 Å². The van der Waals surface area contributed by atoms with Gasteiger partial charge in [-0.2, -0.15) is 0 Å². The zero-order valence-electron chi connectivity index (χ0n) is 19.3. The summed E-state index contributed by atoms with van der Waals surface area (Å²) in [6, 6.07) is 0. The smallest absolute Gasteiger partial charge is 0.306 e. The van der Waals surface area contributed by atoms with Crippen LogP contribution >= 0.6 is 0 Å². The number of ether oxygens (including phenoxy) is 3. The molecule has 0 aromatic carbocycles. The van der Waals surface area contributed by atoms with Crippen molar-refractivity contribution in [2.75, 3.05) is 20.3 Å². The molecule has 0 fully saturated rings. The van der Waals surface area contributed by atoms with E-state index in [1.54, 1.807) is 7.11 Å². The summed E-state index contributed by atoms with van der Waals surface area (Å²) in [7, 11) is 1.70. The minimum atomic E-state index is -0.116. The average Bonchev–Trinajstić information content (AvgIpc) is 2.70. The van der Waals surface area contributed by atoms with Gasteiger partial charge in [-0.25, -0.2) is 0 Å². The Morgan fingerprint density at radius 1 is 0.655 bits per heavy atom. The van der Waals surface area contributed by atoms with Crippen LogP contribution in [-0.4, -0.2) is 38.4 Å². The van der Waals surface area contributed by atoms with Crippen LogP contribution in [0, 0.1) is 0 Å². The zero-order chi connectivity index (χ0) is 21.6. The maximum Gasteiger partial charge on any atom is 0.306 e. The number of esters is 2. The van der Waals surface area contributed by atoms with Crippen molar-refractivity contribution in [1.29, 1.82) is 0 Å². The van der Waals surface area contributed by atoms with Crippen molar-refractivity contribution >= 4 is 11.9 Å². The molecule has 0 aliphatic rings. The Bertz CT molecular complexity index is 383. The lowest BCUT2D eigenvalue weighted by atomic mass is 10.1. The Balaban J connectivity index is 3.82.